The standard InChI is InChI=1S/C13H15N3O3/c14-8-3-1-2-7-4-9(15-12(7)8)13(19)16-5-10(17)11(18)6-16/h1-4,10-11,15,17-18H,5-6,14H2/t10-,11+. The maximum Gasteiger partial charge on any atom is 0.270 e. The molecule has 6 nitrogen and oxygen atoms in total. The largest absolute Gasteiger partial charge is 0.397 e. The number of H-pyrrole nitrogens is 1. The molecule has 1 fully saturated rings. The van der Waals surface area contributed by atoms with E-state index in [0.29, 0.717) is 11.4 Å². The SMILES string of the molecule is Nc1cccc2cc(C(=O)N3C[C@@H](O)[C@@H](O)C3)[nH]c12. The summed E-state index contributed by atoms with van der Waals surface area (Å²) in [5, 5.41) is 19.8. The summed E-state index contributed by atoms with van der Waals surface area (Å²) in [6, 6.07) is 7.18. The minimum atomic E-state index is -0.876. The van der Waals surface area contributed by atoms with Crippen molar-refractivity contribution in [3.05, 3.63) is 30.0 Å². The molecule has 100 valence electrons. The van der Waals surface area contributed by atoms with Crippen molar-refractivity contribution >= 4 is 22.5 Å². The van der Waals surface area contributed by atoms with Crippen molar-refractivity contribution in [3.8, 4) is 0 Å². The molecule has 0 unspecified atom stereocenters. The minimum Gasteiger partial charge on any atom is -0.397 e. The van der Waals surface area contributed by atoms with Gasteiger partial charge in [0.2, 0.25) is 0 Å². The fourth-order valence-electron chi connectivity index (χ4n) is 2.40. The Morgan fingerprint density at radius 3 is 2.63 bits per heavy atom. The molecule has 0 aliphatic carbocycles. The summed E-state index contributed by atoms with van der Waals surface area (Å²) in [5.74, 6) is -0.244. The number of aliphatic hydroxyl groups is 2. The van der Waals surface area contributed by atoms with Crippen LogP contribution < -0.4 is 5.73 Å². The van der Waals surface area contributed by atoms with Crippen LogP contribution in [0.25, 0.3) is 10.9 Å². The molecule has 2 atom stereocenters. The molecule has 19 heavy (non-hydrogen) atoms. The number of nitrogen functional groups attached to an aromatic ring is 1. The topological polar surface area (TPSA) is 103 Å². The van der Waals surface area contributed by atoms with Gasteiger partial charge in [-0.15, -0.1) is 0 Å². The van der Waals surface area contributed by atoms with Crippen LogP contribution in [-0.2, 0) is 0 Å². The summed E-state index contributed by atoms with van der Waals surface area (Å²) < 4.78 is 0. The molecule has 0 radical (unpaired) electrons. The van der Waals surface area contributed by atoms with Gasteiger partial charge in [-0.1, -0.05) is 12.1 Å². The van der Waals surface area contributed by atoms with Crippen molar-refractivity contribution in [2.24, 2.45) is 0 Å². The van der Waals surface area contributed by atoms with Crippen LogP contribution in [0.3, 0.4) is 0 Å². The van der Waals surface area contributed by atoms with Crippen LogP contribution >= 0.6 is 0 Å². The Morgan fingerprint density at radius 2 is 2.00 bits per heavy atom. The van der Waals surface area contributed by atoms with Crippen molar-refractivity contribution in [1.82, 2.24) is 9.88 Å². The van der Waals surface area contributed by atoms with Crippen LogP contribution in [0.1, 0.15) is 10.5 Å². The first kappa shape index (κ1) is 12.0. The number of hydrogen-bond donors (Lipinski definition) is 4. The second kappa shape index (κ2) is 4.25. The maximum atomic E-state index is 12.3. The number of amides is 1. The van der Waals surface area contributed by atoms with E-state index in [1.54, 1.807) is 12.1 Å². The molecule has 1 amide bonds. The molecule has 1 aliphatic rings. The number of nitrogens with one attached hydrogen (secondary N) is 1. The predicted octanol–water partition coefficient (Wildman–Crippen LogP) is -0.0723. The van der Waals surface area contributed by atoms with E-state index in [2.05, 4.69) is 4.98 Å². The third-order valence-corrected chi connectivity index (χ3v) is 3.47. The predicted molar refractivity (Wildman–Crippen MR) is 70.6 cm³/mol. The number of nitrogens with zero attached hydrogens (tertiary/aromatic N) is 1. The summed E-state index contributed by atoms with van der Waals surface area (Å²) in [5.41, 5.74) is 7.55. The molecule has 1 aromatic heterocycles. The van der Waals surface area contributed by atoms with Gasteiger partial charge in [0.1, 0.15) is 5.69 Å². The zero-order valence-corrected chi connectivity index (χ0v) is 10.2. The van der Waals surface area contributed by atoms with E-state index < -0.39 is 12.2 Å². The van der Waals surface area contributed by atoms with E-state index in [9.17, 15) is 15.0 Å². The summed E-state index contributed by atoms with van der Waals surface area (Å²) in [6.45, 7) is 0.287. The van der Waals surface area contributed by atoms with Crippen LogP contribution in [0.2, 0.25) is 0 Å². The van der Waals surface area contributed by atoms with Crippen molar-refractivity contribution in [2.45, 2.75) is 12.2 Å². The van der Waals surface area contributed by atoms with Gasteiger partial charge in [-0.2, -0.15) is 0 Å². The Morgan fingerprint density at radius 1 is 1.32 bits per heavy atom. The summed E-state index contributed by atoms with van der Waals surface area (Å²) in [7, 11) is 0. The highest BCUT2D eigenvalue weighted by Gasteiger charge is 2.33. The second-order valence-electron chi connectivity index (χ2n) is 4.84. The molecular formula is C13H15N3O3. The zero-order valence-electron chi connectivity index (χ0n) is 10.2. The van der Waals surface area contributed by atoms with E-state index in [4.69, 9.17) is 5.73 Å². The summed E-state index contributed by atoms with van der Waals surface area (Å²) in [4.78, 5) is 16.7. The van der Waals surface area contributed by atoms with Gasteiger partial charge < -0.3 is 25.8 Å². The van der Waals surface area contributed by atoms with Crippen molar-refractivity contribution in [1.29, 1.82) is 0 Å². The van der Waals surface area contributed by atoms with Crippen molar-refractivity contribution < 1.29 is 15.0 Å². The highest BCUT2D eigenvalue weighted by molar-refractivity contribution is 6.00. The summed E-state index contributed by atoms with van der Waals surface area (Å²) >= 11 is 0. The summed E-state index contributed by atoms with van der Waals surface area (Å²) in [6.07, 6.45) is -1.75. The first-order valence-electron chi connectivity index (χ1n) is 6.09. The number of nitrogens with two attached hydrogens (primary N) is 1. The highest BCUT2D eigenvalue weighted by Crippen LogP contribution is 2.23. The number of aliphatic hydroxyl groups excluding tert-OH is 2. The van der Waals surface area contributed by atoms with Crippen molar-refractivity contribution in [2.75, 3.05) is 18.8 Å². The Bertz CT molecular complexity index is 627. The Kier molecular flexibility index (Phi) is 2.69. The van der Waals surface area contributed by atoms with E-state index in [0.717, 1.165) is 10.9 Å². The third kappa shape index (κ3) is 1.94. The number of aromatic nitrogens is 1. The van der Waals surface area contributed by atoms with E-state index >= 15 is 0 Å². The molecule has 2 aromatic rings. The normalized spacial score (nSPS) is 23.2. The molecule has 3 rings (SSSR count). The molecule has 1 aromatic carbocycles. The lowest BCUT2D eigenvalue weighted by molar-refractivity contribution is 0.0572. The van der Waals surface area contributed by atoms with Gasteiger partial charge in [-0.25, -0.2) is 0 Å². The lowest BCUT2D eigenvalue weighted by Crippen LogP contribution is -2.30. The van der Waals surface area contributed by atoms with Crippen LogP contribution in [0.15, 0.2) is 24.3 Å². The number of anilines is 1. The number of benzene rings is 1. The van der Waals surface area contributed by atoms with Gasteiger partial charge >= 0.3 is 0 Å². The number of carbonyl (C=O) groups excluding carboxylic acids is 1. The molecule has 0 spiro atoms. The third-order valence-electron chi connectivity index (χ3n) is 3.47. The van der Waals surface area contributed by atoms with Gasteiger partial charge in [0.25, 0.3) is 5.91 Å². The highest BCUT2D eigenvalue weighted by atomic mass is 16.3. The fraction of sp³-hybridized carbons (Fsp3) is 0.308. The lowest BCUT2D eigenvalue weighted by atomic mass is 10.2. The number of hydrogen-bond acceptors (Lipinski definition) is 4. The monoisotopic (exact) mass is 261 g/mol. The number of aromatic amines is 1. The van der Waals surface area contributed by atoms with E-state index in [-0.39, 0.29) is 19.0 Å². The average Bonchev–Trinajstić information content (AvgIpc) is 2.94. The Labute approximate surface area is 109 Å². The molecule has 6 heteroatoms. The number of β-amino-alcohol motifs (C(OH)–C–C–N with tert-alkyl or cyclic N) is 2. The molecule has 0 saturated carbocycles. The molecule has 5 N–H and O–H groups in total. The molecule has 1 saturated heterocycles. The number of fused-ring (bicyclic) bond motifs is 1. The number of para-hydroxylation sites is 1. The van der Waals surface area contributed by atoms with Crippen molar-refractivity contribution in [3.63, 3.8) is 0 Å². The second-order valence-corrected chi connectivity index (χ2v) is 4.84. The van der Waals surface area contributed by atoms with Crippen LogP contribution in [0.5, 0.6) is 0 Å². The lowest BCUT2D eigenvalue weighted by Gasteiger charge is -2.13. The fourth-order valence-corrected chi connectivity index (χ4v) is 2.40. The molecular weight excluding hydrogens is 246 g/mol. The Balaban J connectivity index is 1.92. The quantitative estimate of drug-likeness (QED) is 0.539. The number of rotatable bonds is 1. The average molecular weight is 261 g/mol. The van der Waals surface area contributed by atoms with Crippen LogP contribution in [0, 0.1) is 0 Å². The van der Waals surface area contributed by atoms with E-state index in [1.807, 2.05) is 12.1 Å². The number of likely N-dealkylation sites (tertiary alicyclic amines) is 1. The van der Waals surface area contributed by atoms with Crippen LogP contribution in [0.4, 0.5) is 5.69 Å². The first-order chi connectivity index (χ1) is 9.06. The zero-order chi connectivity index (χ0) is 13.6. The van der Waals surface area contributed by atoms with Gasteiger partial charge in [-0.3, -0.25) is 4.79 Å². The van der Waals surface area contributed by atoms with Gasteiger partial charge in [0.15, 0.2) is 0 Å². The first-order valence-corrected chi connectivity index (χ1v) is 6.09. The van der Waals surface area contributed by atoms with Gasteiger partial charge in [-0.05, 0) is 12.1 Å². The van der Waals surface area contributed by atoms with Gasteiger partial charge in [0.05, 0.1) is 23.4 Å². The molecule has 0 bridgehead atoms. The van der Waals surface area contributed by atoms with E-state index in [1.165, 1.54) is 4.90 Å². The maximum absolute atomic E-state index is 12.3. The smallest absolute Gasteiger partial charge is 0.270 e. The molecule has 1 aliphatic heterocycles. The molecule has 2 heterocycles. The minimum absolute atomic E-state index is 0.144. The Hall–Kier alpha value is -2.05. The van der Waals surface area contributed by atoms with Crippen LogP contribution in [-0.4, -0.2) is 51.3 Å². The number of carbonyl (C=O) groups is 1. The van der Waals surface area contributed by atoms with Gasteiger partial charge in [0, 0.05) is 18.5 Å².